The average Bonchev–Trinajstić information content (AvgIpc) is 2.74. The molecule has 0 unspecified atom stereocenters. The Morgan fingerprint density at radius 1 is 1.38 bits per heavy atom. The van der Waals surface area contributed by atoms with E-state index in [-0.39, 0.29) is 23.6 Å². The Balaban J connectivity index is 2.00. The highest BCUT2D eigenvalue weighted by Crippen LogP contribution is 2.64. The van der Waals surface area contributed by atoms with Crippen LogP contribution in [0.3, 0.4) is 0 Å². The van der Waals surface area contributed by atoms with E-state index in [1.54, 1.807) is 12.1 Å². The van der Waals surface area contributed by atoms with Gasteiger partial charge >= 0.3 is 5.97 Å². The molecule has 1 aliphatic heterocycles. The fourth-order valence-electron chi connectivity index (χ4n) is 2.84. The first-order valence-electron chi connectivity index (χ1n) is 5.46. The smallest absolute Gasteiger partial charge is 0.320 e. The van der Waals surface area contributed by atoms with Crippen molar-refractivity contribution < 1.29 is 14.3 Å². The Hall–Kier alpha value is -1.64. The van der Waals surface area contributed by atoms with Crippen LogP contribution < -0.4 is 0 Å². The third-order valence-electron chi connectivity index (χ3n) is 3.94. The van der Waals surface area contributed by atoms with Gasteiger partial charge in [0.05, 0.1) is 6.61 Å². The zero-order valence-corrected chi connectivity index (χ0v) is 8.97. The summed E-state index contributed by atoms with van der Waals surface area (Å²) in [6.07, 6.45) is 0. The second kappa shape index (κ2) is 2.94. The fourth-order valence-corrected chi connectivity index (χ4v) is 2.84. The molecular weight excluding hydrogens is 204 g/mol. The normalized spacial score (nSPS) is 35.4. The number of hydrogen-bond acceptors (Lipinski definition) is 3. The van der Waals surface area contributed by atoms with Crippen molar-refractivity contribution in [3.63, 3.8) is 0 Å². The maximum Gasteiger partial charge on any atom is 0.320 e. The number of ether oxygens (including phenoxy) is 1. The number of Topliss-reactive ketones (excluding diaryl/α,β-unsaturated/α-hetero) is 1. The van der Waals surface area contributed by atoms with Crippen LogP contribution in [0.15, 0.2) is 30.3 Å². The number of carbonyl (C=O) groups excluding carboxylic acids is 2. The number of hydrogen-bond donors (Lipinski definition) is 0. The molecule has 3 rings (SSSR count). The molecule has 1 aromatic rings. The quantitative estimate of drug-likeness (QED) is 0.429. The van der Waals surface area contributed by atoms with Gasteiger partial charge in [-0.1, -0.05) is 37.3 Å². The fraction of sp³-hybridized carbons (Fsp3) is 0.385. The van der Waals surface area contributed by atoms with Crippen LogP contribution in [0.4, 0.5) is 0 Å². The highest BCUT2D eigenvalue weighted by molar-refractivity contribution is 6.16. The largest absolute Gasteiger partial charge is 0.465 e. The minimum Gasteiger partial charge on any atom is -0.465 e. The van der Waals surface area contributed by atoms with Crippen molar-refractivity contribution in [1.29, 1.82) is 0 Å². The monoisotopic (exact) mass is 216 g/mol. The van der Waals surface area contributed by atoms with E-state index in [1.165, 1.54) is 0 Å². The van der Waals surface area contributed by atoms with Crippen LogP contribution in [0.5, 0.6) is 0 Å². The van der Waals surface area contributed by atoms with E-state index in [0.29, 0.717) is 12.2 Å². The minimum atomic E-state index is -0.860. The molecule has 2 aliphatic rings. The zero-order valence-electron chi connectivity index (χ0n) is 8.97. The maximum absolute atomic E-state index is 12.3. The van der Waals surface area contributed by atoms with E-state index in [0.717, 1.165) is 0 Å². The third-order valence-corrected chi connectivity index (χ3v) is 3.94. The van der Waals surface area contributed by atoms with Gasteiger partial charge < -0.3 is 4.74 Å². The van der Waals surface area contributed by atoms with Gasteiger partial charge in [-0.3, -0.25) is 9.59 Å². The van der Waals surface area contributed by atoms with Crippen LogP contribution in [-0.4, -0.2) is 18.4 Å². The van der Waals surface area contributed by atoms with Gasteiger partial charge in [0, 0.05) is 11.5 Å². The molecule has 0 radical (unpaired) electrons. The lowest BCUT2D eigenvalue weighted by atomic mass is 9.92. The molecule has 1 aliphatic carbocycles. The first kappa shape index (κ1) is 9.58. The number of benzene rings is 1. The van der Waals surface area contributed by atoms with Crippen molar-refractivity contribution in [2.24, 2.45) is 17.3 Å². The summed E-state index contributed by atoms with van der Waals surface area (Å²) < 4.78 is 4.97. The third kappa shape index (κ3) is 0.932. The molecule has 1 saturated carbocycles. The van der Waals surface area contributed by atoms with Gasteiger partial charge in [0.15, 0.2) is 5.78 Å². The number of esters is 1. The van der Waals surface area contributed by atoms with Crippen molar-refractivity contribution in [1.82, 2.24) is 0 Å². The molecular formula is C13H12O3. The van der Waals surface area contributed by atoms with Crippen LogP contribution in [0, 0.1) is 17.3 Å². The van der Waals surface area contributed by atoms with Crippen molar-refractivity contribution in [3.8, 4) is 0 Å². The molecule has 1 saturated heterocycles. The lowest BCUT2D eigenvalue weighted by Gasteiger charge is -2.09. The van der Waals surface area contributed by atoms with E-state index in [2.05, 4.69) is 0 Å². The van der Waals surface area contributed by atoms with Gasteiger partial charge in [0.2, 0.25) is 0 Å². The van der Waals surface area contributed by atoms with Gasteiger partial charge in [-0.15, -0.1) is 0 Å². The van der Waals surface area contributed by atoms with Crippen molar-refractivity contribution >= 4 is 11.8 Å². The number of carbonyl (C=O) groups is 2. The van der Waals surface area contributed by atoms with Crippen LogP contribution in [0.2, 0.25) is 0 Å². The molecule has 0 bridgehead atoms. The van der Waals surface area contributed by atoms with Crippen molar-refractivity contribution in [3.05, 3.63) is 35.9 Å². The van der Waals surface area contributed by atoms with E-state index in [9.17, 15) is 9.59 Å². The first-order chi connectivity index (χ1) is 7.69. The molecule has 0 spiro atoms. The highest BCUT2D eigenvalue weighted by Gasteiger charge is 2.76. The van der Waals surface area contributed by atoms with E-state index < -0.39 is 5.41 Å². The topological polar surface area (TPSA) is 43.4 Å². The molecule has 82 valence electrons. The van der Waals surface area contributed by atoms with Crippen LogP contribution in [0.1, 0.15) is 17.3 Å². The Bertz CT molecular complexity index is 465. The summed E-state index contributed by atoms with van der Waals surface area (Å²) >= 11 is 0. The molecule has 1 heterocycles. The first-order valence-corrected chi connectivity index (χ1v) is 5.46. The Labute approximate surface area is 93.4 Å². The Morgan fingerprint density at radius 3 is 2.62 bits per heavy atom. The highest BCUT2D eigenvalue weighted by atomic mass is 16.5. The number of ketones is 1. The van der Waals surface area contributed by atoms with Crippen molar-refractivity contribution in [2.75, 3.05) is 6.61 Å². The lowest BCUT2D eigenvalue weighted by molar-refractivity contribution is -0.144. The summed E-state index contributed by atoms with van der Waals surface area (Å²) in [7, 11) is 0. The summed E-state index contributed by atoms with van der Waals surface area (Å²) in [6.45, 7) is 2.35. The Kier molecular flexibility index (Phi) is 1.76. The summed E-state index contributed by atoms with van der Waals surface area (Å²) in [5, 5.41) is 0. The standard InChI is InChI=1S/C13H12O3/c1-8-10-7-16-12(15)13(8,10)11(14)9-5-3-2-4-6-9/h2-6,8,10H,7H2,1H3/t8-,10+,13-/m1/s1. The molecule has 1 aromatic carbocycles. The average molecular weight is 216 g/mol. The van der Waals surface area contributed by atoms with Gasteiger partial charge in [-0.2, -0.15) is 0 Å². The summed E-state index contributed by atoms with van der Waals surface area (Å²) in [5.74, 6) is -0.193. The molecule has 0 amide bonds. The predicted octanol–water partition coefficient (Wildman–Crippen LogP) is 1.68. The second-order valence-corrected chi connectivity index (χ2v) is 4.56. The number of cyclic esters (lactones) is 1. The summed E-state index contributed by atoms with van der Waals surface area (Å²) in [5.41, 5.74) is -0.253. The van der Waals surface area contributed by atoms with Crippen LogP contribution in [-0.2, 0) is 9.53 Å². The predicted molar refractivity (Wildman–Crippen MR) is 56.8 cm³/mol. The summed E-state index contributed by atoms with van der Waals surface area (Å²) in [4.78, 5) is 24.1. The summed E-state index contributed by atoms with van der Waals surface area (Å²) in [6, 6.07) is 8.99. The lowest BCUT2D eigenvalue weighted by Crippen LogP contribution is -2.27. The van der Waals surface area contributed by atoms with E-state index in [4.69, 9.17) is 4.74 Å². The number of rotatable bonds is 2. The molecule has 2 fully saturated rings. The molecule has 3 heteroatoms. The van der Waals surface area contributed by atoms with Gasteiger partial charge in [-0.25, -0.2) is 0 Å². The second-order valence-electron chi connectivity index (χ2n) is 4.56. The van der Waals surface area contributed by atoms with Gasteiger partial charge in [0.1, 0.15) is 5.41 Å². The van der Waals surface area contributed by atoms with Gasteiger partial charge in [-0.05, 0) is 5.92 Å². The van der Waals surface area contributed by atoms with E-state index >= 15 is 0 Å². The number of fused-ring (bicyclic) bond motifs is 1. The zero-order chi connectivity index (χ0) is 11.3. The Morgan fingerprint density at radius 2 is 2.06 bits per heavy atom. The SMILES string of the molecule is C[C@@H]1[C@@H]2COC(=O)[C@]12C(=O)c1ccccc1. The molecule has 0 N–H and O–H groups in total. The molecule has 16 heavy (non-hydrogen) atoms. The molecule has 3 atom stereocenters. The maximum atomic E-state index is 12.3. The molecule has 3 nitrogen and oxygen atoms in total. The van der Waals surface area contributed by atoms with Gasteiger partial charge in [0.25, 0.3) is 0 Å². The van der Waals surface area contributed by atoms with Crippen molar-refractivity contribution in [2.45, 2.75) is 6.92 Å². The molecule has 0 aromatic heterocycles. The van der Waals surface area contributed by atoms with E-state index in [1.807, 2.05) is 25.1 Å². The van der Waals surface area contributed by atoms with Crippen LogP contribution in [0.25, 0.3) is 0 Å². The van der Waals surface area contributed by atoms with Crippen LogP contribution >= 0.6 is 0 Å². The minimum absolute atomic E-state index is 0.0758.